The van der Waals surface area contributed by atoms with Gasteiger partial charge in [-0.15, -0.1) is 23.5 Å². The van der Waals surface area contributed by atoms with Crippen molar-refractivity contribution in [3.8, 4) is 0 Å². The van der Waals surface area contributed by atoms with Crippen LogP contribution in [0.1, 0.15) is 0 Å². The first-order chi connectivity index (χ1) is 6.11. The zero-order chi connectivity index (χ0) is 10.0. The lowest BCUT2D eigenvalue weighted by atomic mass is 10.3. The predicted octanol–water partition coefficient (Wildman–Crippen LogP) is 3.55. The number of thioether (sulfide) groups is 2. The second-order valence-electron chi connectivity index (χ2n) is 2.22. The van der Waals surface area contributed by atoms with E-state index in [1.165, 1.54) is 6.26 Å². The predicted molar refractivity (Wildman–Crippen MR) is 49.9 cm³/mol. The number of hydrogen-bond donors (Lipinski definition) is 0. The molecular formula is C8H7F3S2. The van der Waals surface area contributed by atoms with Crippen molar-refractivity contribution in [2.45, 2.75) is 9.79 Å². The highest BCUT2D eigenvalue weighted by atomic mass is 32.2. The SMILES string of the molecule is CSc1cc(F)c(SC)c(F)c1F. The summed E-state index contributed by atoms with van der Waals surface area (Å²) in [5.41, 5.74) is 0. The van der Waals surface area contributed by atoms with E-state index >= 15 is 0 Å². The molecule has 0 saturated carbocycles. The molecule has 0 aliphatic rings. The Bertz CT molecular complexity index is 326. The molecule has 0 heterocycles. The quantitative estimate of drug-likeness (QED) is 0.556. The molecule has 1 rings (SSSR count). The van der Waals surface area contributed by atoms with Gasteiger partial charge in [0.05, 0.1) is 4.90 Å². The fraction of sp³-hybridized carbons (Fsp3) is 0.250. The largest absolute Gasteiger partial charge is 0.206 e. The Morgan fingerprint density at radius 1 is 1.00 bits per heavy atom. The van der Waals surface area contributed by atoms with E-state index in [2.05, 4.69) is 0 Å². The standard InChI is InChI=1S/C8H7F3S2/c1-12-5-3-4(9)8(13-2)7(11)6(5)10/h3H,1-2H3. The van der Waals surface area contributed by atoms with Gasteiger partial charge in [0.25, 0.3) is 0 Å². The minimum Gasteiger partial charge on any atom is -0.206 e. The molecule has 0 amide bonds. The summed E-state index contributed by atoms with van der Waals surface area (Å²) >= 11 is 1.83. The van der Waals surface area contributed by atoms with Crippen LogP contribution in [0.2, 0.25) is 0 Å². The van der Waals surface area contributed by atoms with Crippen LogP contribution in [-0.4, -0.2) is 12.5 Å². The van der Waals surface area contributed by atoms with Crippen LogP contribution < -0.4 is 0 Å². The highest BCUT2D eigenvalue weighted by molar-refractivity contribution is 7.99. The molecule has 0 saturated heterocycles. The van der Waals surface area contributed by atoms with E-state index in [1.54, 1.807) is 6.26 Å². The van der Waals surface area contributed by atoms with E-state index in [4.69, 9.17) is 0 Å². The lowest BCUT2D eigenvalue weighted by molar-refractivity contribution is 0.451. The summed E-state index contributed by atoms with van der Waals surface area (Å²) in [6.07, 6.45) is 3.07. The molecule has 0 N–H and O–H groups in total. The first-order valence-electron chi connectivity index (χ1n) is 3.37. The van der Waals surface area contributed by atoms with Crippen LogP contribution in [0.4, 0.5) is 13.2 Å². The van der Waals surface area contributed by atoms with Gasteiger partial charge in [0.2, 0.25) is 0 Å². The lowest BCUT2D eigenvalue weighted by Gasteiger charge is -2.05. The molecular weight excluding hydrogens is 217 g/mol. The summed E-state index contributed by atoms with van der Waals surface area (Å²) < 4.78 is 39.2. The van der Waals surface area contributed by atoms with Crippen LogP contribution >= 0.6 is 23.5 Å². The molecule has 0 aromatic heterocycles. The van der Waals surface area contributed by atoms with Crippen molar-refractivity contribution in [2.24, 2.45) is 0 Å². The smallest absolute Gasteiger partial charge is 0.176 e. The van der Waals surface area contributed by atoms with Crippen molar-refractivity contribution in [2.75, 3.05) is 12.5 Å². The number of rotatable bonds is 2. The van der Waals surface area contributed by atoms with Crippen molar-refractivity contribution >= 4 is 23.5 Å². The Morgan fingerprint density at radius 2 is 1.62 bits per heavy atom. The summed E-state index contributed by atoms with van der Waals surface area (Å²) in [7, 11) is 0. The van der Waals surface area contributed by atoms with Gasteiger partial charge < -0.3 is 0 Å². The van der Waals surface area contributed by atoms with E-state index in [0.29, 0.717) is 0 Å². The van der Waals surface area contributed by atoms with Crippen molar-refractivity contribution in [1.82, 2.24) is 0 Å². The highest BCUT2D eigenvalue weighted by Crippen LogP contribution is 2.30. The van der Waals surface area contributed by atoms with E-state index in [-0.39, 0.29) is 9.79 Å². The Morgan fingerprint density at radius 3 is 2.08 bits per heavy atom. The van der Waals surface area contributed by atoms with E-state index < -0.39 is 17.5 Å². The van der Waals surface area contributed by atoms with Gasteiger partial charge in [-0.2, -0.15) is 0 Å². The van der Waals surface area contributed by atoms with Gasteiger partial charge in [-0.05, 0) is 18.6 Å². The van der Waals surface area contributed by atoms with E-state index in [0.717, 1.165) is 29.6 Å². The average molecular weight is 224 g/mol. The second kappa shape index (κ2) is 4.28. The highest BCUT2D eigenvalue weighted by Gasteiger charge is 2.17. The maximum Gasteiger partial charge on any atom is 0.176 e. The third-order valence-electron chi connectivity index (χ3n) is 1.51. The van der Waals surface area contributed by atoms with Crippen LogP contribution in [0, 0.1) is 17.5 Å². The van der Waals surface area contributed by atoms with Crippen LogP contribution in [-0.2, 0) is 0 Å². The summed E-state index contributed by atoms with van der Waals surface area (Å²) in [5.74, 6) is -2.79. The Hall–Kier alpha value is -0.290. The van der Waals surface area contributed by atoms with Gasteiger partial charge in [-0.3, -0.25) is 0 Å². The summed E-state index contributed by atoms with van der Waals surface area (Å²) in [6, 6.07) is 1.01. The third-order valence-corrected chi connectivity index (χ3v) is 3.03. The van der Waals surface area contributed by atoms with Gasteiger partial charge in [0.1, 0.15) is 5.82 Å². The Kier molecular flexibility index (Phi) is 3.55. The molecule has 0 bridgehead atoms. The van der Waals surface area contributed by atoms with Crippen molar-refractivity contribution in [1.29, 1.82) is 0 Å². The van der Waals surface area contributed by atoms with E-state index in [1.807, 2.05) is 0 Å². The number of hydrogen-bond acceptors (Lipinski definition) is 2. The average Bonchev–Trinajstić information content (AvgIpc) is 2.12. The first-order valence-corrected chi connectivity index (χ1v) is 5.82. The fourth-order valence-electron chi connectivity index (χ4n) is 0.892. The van der Waals surface area contributed by atoms with E-state index in [9.17, 15) is 13.2 Å². The minimum atomic E-state index is -1.10. The van der Waals surface area contributed by atoms with Gasteiger partial charge in [0, 0.05) is 4.90 Å². The molecule has 0 unspecified atom stereocenters. The van der Waals surface area contributed by atoms with Crippen LogP contribution in [0.25, 0.3) is 0 Å². The van der Waals surface area contributed by atoms with Crippen molar-refractivity contribution in [3.05, 3.63) is 23.5 Å². The van der Waals surface area contributed by atoms with Crippen molar-refractivity contribution < 1.29 is 13.2 Å². The molecule has 0 spiro atoms. The normalized spacial score (nSPS) is 10.5. The van der Waals surface area contributed by atoms with Crippen LogP contribution in [0.3, 0.4) is 0 Å². The zero-order valence-electron chi connectivity index (χ0n) is 7.03. The lowest BCUT2D eigenvalue weighted by Crippen LogP contribution is -1.94. The minimum absolute atomic E-state index is 0.00667. The van der Waals surface area contributed by atoms with Crippen molar-refractivity contribution in [3.63, 3.8) is 0 Å². The molecule has 1 aromatic carbocycles. The maximum absolute atomic E-state index is 13.1. The van der Waals surface area contributed by atoms with Gasteiger partial charge in [0.15, 0.2) is 11.6 Å². The fourth-order valence-corrected chi connectivity index (χ4v) is 1.91. The molecule has 5 heteroatoms. The monoisotopic (exact) mass is 224 g/mol. The number of halogens is 3. The molecule has 0 fully saturated rings. The molecule has 1 aromatic rings. The molecule has 0 atom stereocenters. The topological polar surface area (TPSA) is 0 Å². The summed E-state index contributed by atoms with van der Waals surface area (Å²) in [4.78, 5) is -0.275. The Labute approximate surface area is 82.9 Å². The van der Waals surface area contributed by atoms with Crippen LogP contribution in [0.15, 0.2) is 15.9 Å². The molecule has 0 aliphatic carbocycles. The molecule has 0 nitrogen and oxygen atoms in total. The first kappa shape index (κ1) is 10.8. The maximum atomic E-state index is 13.1. The molecule has 72 valence electrons. The summed E-state index contributed by atoms with van der Waals surface area (Å²) in [5, 5.41) is 0. The van der Waals surface area contributed by atoms with Gasteiger partial charge in [-0.25, -0.2) is 13.2 Å². The zero-order valence-corrected chi connectivity index (χ0v) is 8.66. The summed E-state index contributed by atoms with van der Waals surface area (Å²) in [6.45, 7) is 0. The molecule has 0 aliphatic heterocycles. The van der Waals surface area contributed by atoms with Gasteiger partial charge >= 0.3 is 0 Å². The molecule has 13 heavy (non-hydrogen) atoms. The Balaban J connectivity index is 3.37. The van der Waals surface area contributed by atoms with Crippen LogP contribution in [0.5, 0.6) is 0 Å². The molecule has 0 radical (unpaired) electrons. The number of benzene rings is 1. The van der Waals surface area contributed by atoms with Gasteiger partial charge in [-0.1, -0.05) is 0 Å². The second-order valence-corrected chi connectivity index (χ2v) is 3.89. The third kappa shape index (κ3) is 1.96.